The second-order valence-corrected chi connectivity index (χ2v) is 16.0. The van der Waals surface area contributed by atoms with Crippen molar-refractivity contribution in [1.29, 1.82) is 0 Å². The van der Waals surface area contributed by atoms with Gasteiger partial charge in [-0.2, -0.15) is 0 Å². The molecular weight excluding hydrogens is 685 g/mol. The highest BCUT2D eigenvalue weighted by Crippen LogP contribution is 2.15. The summed E-state index contributed by atoms with van der Waals surface area (Å²) in [6.45, 7) is 6.58. The van der Waals surface area contributed by atoms with Crippen molar-refractivity contribution in [2.24, 2.45) is 0 Å². The van der Waals surface area contributed by atoms with E-state index in [1.54, 1.807) is 0 Å². The van der Waals surface area contributed by atoms with Crippen molar-refractivity contribution in [2.45, 2.75) is 258 Å². The third-order valence-electron chi connectivity index (χ3n) is 10.4. The Balaban J connectivity index is 4.36. The van der Waals surface area contributed by atoms with Crippen LogP contribution in [0.25, 0.3) is 0 Å². The SMILES string of the molecule is CCCC/C=C\CCCCCCCC(=O)OC[C@H](COC(=O)CCCCCCC/C=C\CCCCCCC)OC(=O)CCCCCCCCCCCCCC. The van der Waals surface area contributed by atoms with Gasteiger partial charge in [-0.05, 0) is 64.2 Å². The van der Waals surface area contributed by atoms with Gasteiger partial charge < -0.3 is 14.2 Å². The van der Waals surface area contributed by atoms with Crippen LogP contribution in [0.2, 0.25) is 0 Å². The normalized spacial score (nSPS) is 12.1. The fraction of sp³-hybridized carbons (Fsp3) is 0.857. The van der Waals surface area contributed by atoms with Crippen LogP contribution in [0.15, 0.2) is 24.3 Å². The molecule has 0 rings (SSSR count). The quantitative estimate of drug-likeness (QED) is 0.0266. The third-order valence-corrected chi connectivity index (χ3v) is 10.4. The molecule has 6 nitrogen and oxygen atoms in total. The Labute approximate surface area is 341 Å². The zero-order valence-electron chi connectivity index (χ0n) is 36.7. The van der Waals surface area contributed by atoms with Crippen LogP contribution in [0.4, 0.5) is 0 Å². The number of hydrogen-bond acceptors (Lipinski definition) is 6. The lowest BCUT2D eigenvalue weighted by Gasteiger charge is -2.18. The van der Waals surface area contributed by atoms with Gasteiger partial charge >= 0.3 is 17.9 Å². The van der Waals surface area contributed by atoms with E-state index in [0.717, 1.165) is 70.6 Å². The van der Waals surface area contributed by atoms with E-state index in [0.29, 0.717) is 19.3 Å². The summed E-state index contributed by atoms with van der Waals surface area (Å²) in [5, 5.41) is 0. The van der Waals surface area contributed by atoms with Crippen molar-refractivity contribution in [1.82, 2.24) is 0 Å². The van der Waals surface area contributed by atoms with E-state index < -0.39 is 6.10 Å². The molecule has 0 amide bonds. The van der Waals surface area contributed by atoms with Gasteiger partial charge in [-0.3, -0.25) is 14.4 Å². The maximum Gasteiger partial charge on any atom is 0.306 e. The lowest BCUT2D eigenvalue weighted by atomic mass is 10.0. The minimum Gasteiger partial charge on any atom is -0.462 e. The van der Waals surface area contributed by atoms with E-state index >= 15 is 0 Å². The van der Waals surface area contributed by atoms with Gasteiger partial charge in [0.2, 0.25) is 0 Å². The van der Waals surface area contributed by atoms with E-state index in [2.05, 4.69) is 45.1 Å². The Morgan fingerprint density at radius 1 is 0.345 bits per heavy atom. The van der Waals surface area contributed by atoms with E-state index in [1.807, 2.05) is 0 Å². The van der Waals surface area contributed by atoms with Gasteiger partial charge in [0.25, 0.3) is 0 Å². The van der Waals surface area contributed by atoms with Crippen molar-refractivity contribution in [2.75, 3.05) is 13.2 Å². The molecule has 0 aliphatic heterocycles. The molecule has 0 unspecified atom stereocenters. The van der Waals surface area contributed by atoms with E-state index in [-0.39, 0.29) is 31.1 Å². The molecule has 0 aromatic heterocycles. The van der Waals surface area contributed by atoms with Crippen LogP contribution >= 0.6 is 0 Å². The minimum atomic E-state index is -0.771. The topological polar surface area (TPSA) is 78.9 Å². The molecule has 0 saturated carbocycles. The molecule has 322 valence electrons. The van der Waals surface area contributed by atoms with Gasteiger partial charge in [-0.15, -0.1) is 0 Å². The summed E-state index contributed by atoms with van der Waals surface area (Å²) in [7, 11) is 0. The first-order valence-corrected chi connectivity index (χ1v) is 23.8. The van der Waals surface area contributed by atoms with Gasteiger partial charge in [-0.25, -0.2) is 0 Å². The lowest BCUT2D eigenvalue weighted by molar-refractivity contribution is -0.167. The second-order valence-electron chi connectivity index (χ2n) is 16.0. The summed E-state index contributed by atoms with van der Waals surface area (Å²) in [5.41, 5.74) is 0. The summed E-state index contributed by atoms with van der Waals surface area (Å²) in [5.74, 6) is -0.886. The molecule has 55 heavy (non-hydrogen) atoms. The second kappa shape index (κ2) is 44.6. The zero-order valence-corrected chi connectivity index (χ0v) is 36.7. The van der Waals surface area contributed by atoms with Crippen molar-refractivity contribution in [3.63, 3.8) is 0 Å². The number of carbonyl (C=O) groups excluding carboxylic acids is 3. The van der Waals surface area contributed by atoms with Gasteiger partial charge in [-0.1, -0.05) is 193 Å². The van der Waals surface area contributed by atoms with Gasteiger partial charge in [0, 0.05) is 19.3 Å². The Morgan fingerprint density at radius 2 is 0.618 bits per heavy atom. The highest BCUT2D eigenvalue weighted by Gasteiger charge is 2.19. The fourth-order valence-corrected chi connectivity index (χ4v) is 6.77. The first kappa shape index (κ1) is 52.9. The number of carbonyl (C=O) groups is 3. The first-order chi connectivity index (χ1) is 27.0. The van der Waals surface area contributed by atoms with Crippen LogP contribution < -0.4 is 0 Å². The molecule has 0 heterocycles. The van der Waals surface area contributed by atoms with Crippen LogP contribution in [-0.4, -0.2) is 37.2 Å². The number of unbranched alkanes of at least 4 members (excludes halogenated alkanes) is 28. The Morgan fingerprint density at radius 3 is 0.964 bits per heavy atom. The van der Waals surface area contributed by atoms with Crippen LogP contribution in [-0.2, 0) is 28.6 Å². The van der Waals surface area contributed by atoms with Gasteiger partial charge in [0.1, 0.15) is 13.2 Å². The van der Waals surface area contributed by atoms with Gasteiger partial charge in [0.15, 0.2) is 6.10 Å². The van der Waals surface area contributed by atoms with Crippen LogP contribution in [0.5, 0.6) is 0 Å². The summed E-state index contributed by atoms with van der Waals surface area (Å²) >= 11 is 0. The number of allylic oxidation sites excluding steroid dienone is 4. The van der Waals surface area contributed by atoms with Crippen LogP contribution in [0, 0.1) is 0 Å². The molecule has 0 aromatic rings. The van der Waals surface area contributed by atoms with E-state index in [4.69, 9.17) is 14.2 Å². The van der Waals surface area contributed by atoms with Crippen molar-refractivity contribution < 1.29 is 28.6 Å². The molecule has 0 saturated heterocycles. The maximum atomic E-state index is 12.7. The van der Waals surface area contributed by atoms with E-state index in [9.17, 15) is 14.4 Å². The number of rotatable bonds is 43. The molecule has 0 spiro atoms. The number of hydrogen-bond donors (Lipinski definition) is 0. The molecule has 0 N–H and O–H groups in total. The molecule has 0 aliphatic rings. The minimum absolute atomic E-state index is 0.0753. The maximum absolute atomic E-state index is 12.7. The Hall–Kier alpha value is -2.11. The number of ether oxygens (including phenoxy) is 3. The predicted molar refractivity (Wildman–Crippen MR) is 233 cm³/mol. The van der Waals surface area contributed by atoms with Gasteiger partial charge in [0.05, 0.1) is 0 Å². The van der Waals surface area contributed by atoms with Crippen molar-refractivity contribution in [3.05, 3.63) is 24.3 Å². The largest absolute Gasteiger partial charge is 0.462 e. The van der Waals surface area contributed by atoms with Crippen LogP contribution in [0.3, 0.4) is 0 Å². The molecule has 0 aromatic carbocycles. The zero-order chi connectivity index (χ0) is 40.1. The van der Waals surface area contributed by atoms with Crippen LogP contribution in [0.1, 0.15) is 252 Å². The molecule has 0 radical (unpaired) electrons. The highest BCUT2D eigenvalue weighted by atomic mass is 16.6. The Bertz CT molecular complexity index is 896. The average Bonchev–Trinajstić information content (AvgIpc) is 3.18. The molecule has 0 fully saturated rings. The van der Waals surface area contributed by atoms with Crippen molar-refractivity contribution >= 4 is 17.9 Å². The highest BCUT2D eigenvalue weighted by molar-refractivity contribution is 5.71. The molecule has 0 aliphatic carbocycles. The lowest BCUT2D eigenvalue weighted by Crippen LogP contribution is -2.30. The molecule has 6 heteroatoms. The Kier molecular flexibility index (Phi) is 42.9. The standard InChI is InChI=1S/C49H90O6/c1-4-7-10-13-16-19-22-24-25-28-30-33-36-39-42-48(51)54-45-46(44-53-47(50)41-38-35-32-29-26-21-18-15-12-9-6-3)55-49(52)43-40-37-34-31-27-23-20-17-14-11-8-5-2/h15,18,22,24,46H,4-14,16-17,19-21,23,25-45H2,1-3H3/b18-15-,24-22-/t46-/m1/s1. The molecule has 0 bridgehead atoms. The first-order valence-electron chi connectivity index (χ1n) is 23.8. The predicted octanol–water partition coefficient (Wildman–Crippen LogP) is 15.2. The smallest absolute Gasteiger partial charge is 0.306 e. The summed E-state index contributed by atoms with van der Waals surface area (Å²) in [6.07, 6.45) is 48.7. The summed E-state index contributed by atoms with van der Waals surface area (Å²) in [4.78, 5) is 37.8. The number of esters is 3. The monoisotopic (exact) mass is 775 g/mol. The van der Waals surface area contributed by atoms with Crippen molar-refractivity contribution in [3.8, 4) is 0 Å². The van der Waals surface area contributed by atoms with E-state index in [1.165, 1.54) is 141 Å². The fourth-order valence-electron chi connectivity index (χ4n) is 6.77. The molecular formula is C49H90O6. The third kappa shape index (κ3) is 42.9. The average molecular weight is 775 g/mol. The summed E-state index contributed by atoms with van der Waals surface area (Å²) < 4.78 is 16.7. The molecule has 1 atom stereocenters. The summed E-state index contributed by atoms with van der Waals surface area (Å²) in [6, 6.07) is 0.